The Morgan fingerprint density at radius 3 is 1.23 bits per heavy atom. The number of aliphatic hydroxyl groups is 5. The molecule has 1 amide bonds. The van der Waals surface area contributed by atoms with Crippen LogP contribution in [0.25, 0.3) is 0 Å². The lowest BCUT2D eigenvalue weighted by Gasteiger charge is -2.41. The first kappa shape index (κ1) is 81.4. The molecule has 0 aromatic rings. The molecule has 8 atom stereocenters. The van der Waals surface area contributed by atoms with E-state index in [-0.39, 0.29) is 19.4 Å². The van der Waals surface area contributed by atoms with Gasteiger partial charge in [0.2, 0.25) is 5.91 Å². The highest BCUT2D eigenvalue weighted by molar-refractivity contribution is 5.80. The van der Waals surface area contributed by atoms with Crippen molar-refractivity contribution in [3.05, 3.63) is 60.8 Å². The lowest BCUT2D eigenvalue weighted by Crippen LogP contribution is -2.61. The Bertz CT molecular complexity index is 1630. The number of nitrogens with one attached hydrogen (secondary N) is 1. The molecule has 11 heteroatoms. The van der Waals surface area contributed by atoms with E-state index in [0.717, 1.165) is 83.5 Å². The summed E-state index contributed by atoms with van der Waals surface area (Å²) in [5.74, 6) is -1.20. The zero-order valence-corrected chi connectivity index (χ0v) is 55.9. The third-order valence-electron chi connectivity index (χ3n) is 17.1. The molecule has 86 heavy (non-hydrogen) atoms. The fraction of sp³-hybridized carbons (Fsp3) is 0.840. The van der Waals surface area contributed by atoms with Crippen molar-refractivity contribution in [2.45, 2.75) is 391 Å². The van der Waals surface area contributed by atoms with E-state index in [1.54, 1.807) is 6.08 Å². The first-order chi connectivity index (χ1) is 42.2. The Labute approximate surface area is 528 Å². The SMILES string of the molecule is CCCCC/C=C\C/C=C\C/C=C\CCCCCCCC(O)C(=O)NC(COC1OC(CO)C(O)C(O)C1OC(=O)CCCCCCCCCCCCCCCCCCC/C=C/CCCCCCCC)C(O)/C=C/CCCCCCCCCCCC. The summed E-state index contributed by atoms with van der Waals surface area (Å²) in [6.07, 6.45) is 69.8. The van der Waals surface area contributed by atoms with Crippen LogP contribution in [-0.2, 0) is 23.8 Å². The van der Waals surface area contributed by atoms with Crippen LogP contribution < -0.4 is 5.32 Å². The highest BCUT2D eigenvalue weighted by Crippen LogP contribution is 2.26. The Balaban J connectivity index is 2.53. The number of rotatable bonds is 63. The Morgan fingerprint density at radius 1 is 0.453 bits per heavy atom. The highest BCUT2D eigenvalue weighted by Gasteiger charge is 2.47. The van der Waals surface area contributed by atoms with Crippen LogP contribution >= 0.6 is 0 Å². The minimum absolute atomic E-state index is 0.124. The summed E-state index contributed by atoms with van der Waals surface area (Å²) in [4.78, 5) is 26.7. The number of amides is 1. The van der Waals surface area contributed by atoms with Crippen molar-refractivity contribution in [2.75, 3.05) is 13.2 Å². The zero-order chi connectivity index (χ0) is 62.4. The molecule has 502 valence electrons. The normalized spacial score (nSPS) is 18.6. The van der Waals surface area contributed by atoms with Gasteiger partial charge in [0, 0.05) is 6.42 Å². The number of ether oxygens (including phenoxy) is 3. The molecule has 0 saturated carbocycles. The van der Waals surface area contributed by atoms with Gasteiger partial charge in [-0.15, -0.1) is 0 Å². The molecule has 0 spiro atoms. The fourth-order valence-electron chi connectivity index (χ4n) is 11.4. The molecule has 1 fully saturated rings. The van der Waals surface area contributed by atoms with E-state index >= 15 is 0 Å². The lowest BCUT2D eigenvalue weighted by molar-refractivity contribution is -0.305. The van der Waals surface area contributed by atoms with E-state index in [0.29, 0.717) is 12.8 Å². The largest absolute Gasteiger partial charge is 0.454 e. The van der Waals surface area contributed by atoms with Crippen LogP contribution in [0.3, 0.4) is 0 Å². The average Bonchev–Trinajstić information content (AvgIpc) is 3.59. The smallest absolute Gasteiger partial charge is 0.306 e. The van der Waals surface area contributed by atoms with Crippen molar-refractivity contribution < 1.29 is 49.3 Å². The van der Waals surface area contributed by atoms with Crippen molar-refractivity contribution >= 4 is 11.9 Å². The van der Waals surface area contributed by atoms with Crippen LogP contribution in [-0.4, -0.2) is 99.6 Å². The molecule has 8 unspecified atom stereocenters. The third kappa shape index (κ3) is 49.2. The van der Waals surface area contributed by atoms with Crippen molar-refractivity contribution in [1.82, 2.24) is 5.32 Å². The molecule has 1 aliphatic rings. The highest BCUT2D eigenvalue weighted by atomic mass is 16.7. The second kappa shape index (κ2) is 62.5. The quantitative estimate of drug-likeness (QED) is 0.0195. The Kier molecular flexibility index (Phi) is 59.2. The van der Waals surface area contributed by atoms with Crippen LogP contribution in [0.1, 0.15) is 342 Å². The van der Waals surface area contributed by atoms with Crippen LogP contribution in [0.2, 0.25) is 0 Å². The van der Waals surface area contributed by atoms with E-state index in [1.807, 2.05) is 6.08 Å². The number of carbonyl (C=O) groups excluding carboxylic acids is 2. The van der Waals surface area contributed by atoms with Gasteiger partial charge in [0.1, 0.15) is 24.4 Å². The number of unbranched alkanes of at least 4 members (excludes halogenated alkanes) is 41. The number of esters is 1. The van der Waals surface area contributed by atoms with Gasteiger partial charge in [-0.1, -0.05) is 306 Å². The van der Waals surface area contributed by atoms with Crippen molar-refractivity contribution in [3.8, 4) is 0 Å². The molecule has 0 aromatic heterocycles. The predicted octanol–water partition coefficient (Wildman–Crippen LogP) is 18.9. The Hall–Kier alpha value is -2.64. The number of carbonyl (C=O) groups is 2. The second-order valence-corrected chi connectivity index (χ2v) is 25.3. The maximum atomic E-state index is 13.5. The van der Waals surface area contributed by atoms with Gasteiger partial charge in [0.25, 0.3) is 0 Å². The summed E-state index contributed by atoms with van der Waals surface area (Å²) in [7, 11) is 0. The van der Waals surface area contributed by atoms with Gasteiger partial charge < -0.3 is 45.1 Å². The molecule has 1 aliphatic heterocycles. The number of aliphatic hydroxyl groups excluding tert-OH is 5. The van der Waals surface area contributed by atoms with E-state index in [1.165, 1.54) is 212 Å². The minimum Gasteiger partial charge on any atom is -0.454 e. The van der Waals surface area contributed by atoms with Crippen LogP contribution in [0.5, 0.6) is 0 Å². The average molecular weight is 1210 g/mol. The molecule has 0 bridgehead atoms. The van der Waals surface area contributed by atoms with Crippen LogP contribution in [0.4, 0.5) is 0 Å². The maximum Gasteiger partial charge on any atom is 0.306 e. The van der Waals surface area contributed by atoms with Gasteiger partial charge >= 0.3 is 5.97 Å². The van der Waals surface area contributed by atoms with Gasteiger partial charge in [0.05, 0.1) is 25.4 Å². The molecule has 0 aliphatic carbocycles. The number of hydrogen-bond donors (Lipinski definition) is 6. The number of hydrogen-bond acceptors (Lipinski definition) is 10. The van der Waals surface area contributed by atoms with E-state index in [9.17, 15) is 35.1 Å². The van der Waals surface area contributed by atoms with Crippen LogP contribution in [0, 0.1) is 0 Å². The van der Waals surface area contributed by atoms with Crippen molar-refractivity contribution in [3.63, 3.8) is 0 Å². The monoisotopic (exact) mass is 1210 g/mol. The van der Waals surface area contributed by atoms with Gasteiger partial charge in [-0.25, -0.2) is 0 Å². The Morgan fingerprint density at radius 2 is 0.802 bits per heavy atom. The second-order valence-electron chi connectivity index (χ2n) is 25.3. The maximum absolute atomic E-state index is 13.5. The summed E-state index contributed by atoms with van der Waals surface area (Å²) in [6, 6.07) is -1.03. The van der Waals surface area contributed by atoms with Gasteiger partial charge in [-0.05, 0) is 89.9 Å². The first-order valence-electron chi connectivity index (χ1n) is 36.6. The molecule has 1 heterocycles. The van der Waals surface area contributed by atoms with Crippen molar-refractivity contribution in [1.29, 1.82) is 0 Å². The standard InChI is InChI=1S/C75H137NO10/c1-4-7-10-13-16-19-22-25-27-29-31-32-33-34-35-36-37-38-39-41-43-45-48-51-54-57-60-63-70(80)86-73-72(82)71(81)69(64-77)85-75(73)84-65-66(67(78)61-58-55-52-49-46-24-21-18-15-12-9-6-3)76-74(83)68(79)62-59-56-53-50-47-44-42-40-30-28-26-23-20-17-14-11-8-5-2/h17,20,25-28,40,42,58,61,66-69,71-73,75,77-79,81-82H,4-16,18-19,21-24,29-39,41,43-57,59-60,62-65H2,1-3H3,(H,76,83)/b20-17-,27-25+,28-26-,42-40-,61-58+. The van der Waals surface area contributed by atoms with E-state index in [2.05, 4.69) is 74.7 Å². The molecule has 11 nitrogen and oxygen atoms in total. The van der Waals surface area contributed by atoms with Gasteiger partial charge in [-0.3, -0.25) is 9.59 Å². The molecule has 1 saturated heterocycles. The molecule has 0 radical (unpaired) electrons. The predicted molar refractivity (Wildman–Crippen MR) is 361 cm³/mol. The molecular formula is C75H137NO10. The molecule has 6 N–H and O–H groups in total. The summed E-state index contributed by atoms with van der Waals surface area (Å²) in [6.45, 7) is 5.79. The first-order valence-corrected chi connectivity index (χ1v) is 36.6. The number of allylic oxidation sites excluding steroid dienone is 9. The summed E-state index contributed by atoms with van der Waals surface area (Å²) in [5, 5.41) is 57.2. The lowest BCUT2D eigenvalue weighted by atomic mass is 9.99. The minimum atomic E-state index is -1.62. The summed E-state index contributed by atoms with van der Waals surface area (Å²) in [5.41, 5.74) is 0. The summed E-state index contributed by atoms with van der Waals surface area (Å²) < 4.78 is 17.7. The third-order valence-corrected chi connectivity index (χ3v) is 17.1. The molecule has 1 rings (SSSR count). The van der Waals surface area contributed by atoms with Gasteiger partial charge in [0.15, 0.2) is 12.4 Å². The molecular weight excluding hydrogens is 1070 g/mol. The summed E-state index contributed by atoms with van der Waals surface area (Å²) >= 11 is 0. The zero-order valence-electron chi connectivity index (χ0n) is 55.9. The van der Waals surface area contributed by atoms with Gasteiger partial charge in [-0.2, -0.15) is 0 Å². The fourth-order valence-corrected chi connectivity index (χ4v) is 11.4. The van der Waals surface area contributed by atoms with Crippen molar-refractivity contribution in [2.24, 2.45) is 0 Å². The van der Waals surface area contributed by atoms with E-state index < -0.39 is 67.4 Å². The van der Waals surface area contributed by atoms with E-state index in [4.69, 9.17) is 14.2 Å². The van der Waals surface area contributed by atoms with Crippen LogP contribution in [0.15, 0.2) is 60.8 Å². The molecule has 0 aromatic carbocycles. The topological polar surface area (TPSA) is 175 Å².